The van der Waals surface area contributed by atoms with E-state index in [9.17, 15) is 9.59 Å². The van der Waals surface area contributed by atoms with E-state index in [2.05, 4.69) is 6.92 Å². The first-order valence-corrected chi connectivity index (χ1v) is 9.29. The van der Waals surface area contributed by atoms with Gasteiger partial charge < -0.3 is 4.74 Å². The van der Waals surface area contributed by atoms with Crippen LogP contribution in [0.15, 0.2) is 29.2 Å². The Morgan fingerprint density at radius 3 is 2.46 bits per heavy atom. The van der Waals surface area contributed by atoms with E-state index < -0.39 is 0 Å². The highest BCUT2D eigenvalue weighted by molar-refractivity contribution is 8.04. The van der Waals surface area contributed by atoms with Crippen molar-refractivity contribution in [3.05, 3.63) is 34.7 Å². The van der Waals surface area contributed by atoms with Crippen molar-refractivity contribution in [1.29, 1.82) is 0 Å². The van der Waals surface area contributed by atoms with Crippen molar-refractivity contribution in [2.75, 3.05) is 13.7 Å². The second-order valence-corrected chi connectivity index (χ2v) is 7.63. The number of rotatable bonds is 8. The van der Waals surface area contributed by atoms with Gasteiger partial charge in [0.25, 0.3) is 11.8 Å². The number of amides is 2. The van der Waals surface area contributed by atoms with Crippen molar-refractivity contribution < 1.29 is 14.3 Å². The number of hydrogen-bond acceptors (Lipinski definition) is 4. The van der Waals surface area contributed by atoms with Crippen LogP contribution in [0.25, 0.3) is 5.57 Å². The Balaban J connectivity index is 2.44. The van der Waals surface area contributed by atoms with Crippen molar-refractivity contribution >= 4 is 29.1 Å². The van der Waals surface area contributed by atoms with Crippen LogP contribution in [0.3, 0.4) is 0 Å². The van der Waals surface area contributed by atoms with Crippen molar-refractivity contribution in [3.8, 4) is 5.75 Å². The molecular weight excluding hydrogens is 322 g/mol. The van der Waals surface area contributed by atoms with E-state index in [4.69, 9.17) is 4.74 Å². The van der Waals surface area contributed by atoms with E-state index >= 15 is 0 Å². The number of methoxy groups -OCH3 is 1. The number of hydrogen-bond donors (Lipinski definition) is 0. The number of thioether (sulfide) groups is 1. The number of imide groups is 1. The van der Waals surface area contributed by atoms with Gasteiger partial charge in [-0.25, -0.2) is 0 Å². The molecule has 1 aliphatic heterocycles. The van der Waals surface area contributed by atoms with Gasteiger partial charge >= 0.3 is 0 Å². The third kappa shape index (κ3) is 3.83. The molecule has 0 aromatic heterocycles. The molecule has 130 valence electrons. The minimum absolute atomic E-state index is 0.171. The summed E-state index contributed by atoms with van der Waals surface area (Å²) in [7, 11) is 1.58. The lowest BCUT2D eigenvalue weighted by atomic mass is 10.1. The Morgan fingerprint density at radius 1 is 1.12 bits per heavy atom. The Labute approximate surface area is 148 Å². The Kier molecular flexibility index (Phi) is 6.49. The van der Waals surface area contributed by atoms with Gasteiger partial charge in [-0.3, -0.25) is 14.5 Å². The normalized spacial score (nSPS) is 15.0. The molecule has 0 fully saturated rings. The maximum atomic E-state index is 12.9. The Morgan fingerprint density at radius 2 is 1.83 bits per heavy atom. The molecule has 0 bridgehead atoms. The van der Waals surface area contributed by atoms with Crippen LogP contribution >= 0.6 is 11.8 Å². The van der Waals surface area contributed by atoms with E-state index in [-0.39, 0.29) is 17.1 Å². The van der Waals surface area contributed by atoms with Crippen LogP contribution in [0.1, 0.15) is 45.6 Å². The molecular formula is C19H25NO3S. The summed E-state index contributed by atoms with van der Waals surface area (Å²) in [6.07, 6.45) is 2.90. The molecule has 0 spiro atoms. The molecule has 0 N–H and O–H groups in total. The molecule has 1 aromatic carbocycles. The molecule has 0 aliphatic carbocycles. The lowest BCUT2D eigenvalue weighted by Crippen LogP contribution is -2.32. The number of ether oxygens (including phenoxy) is 1. The summed E-state index contributed by atoms with van der Waals surface area (Å²) in [6, 6.07) is 7.38. The summed E-state index contributed by atoms with van der Waals surface area (Å²) in [5.74, 6) is 0.241. The molecule has 0 atom stereocenters. The van der Waals surface area contributed by atoms with Crippen molar-refractivity contribution in [2.24, 2.45) is 0 Å². The number of carbonyl (C=O) groups is 2. The maximum Gasteiger partial charge on any atom is 0.267 e. The zero-order valence-corrected chi connectivity index (χ0v) is 15.6. The second-order valence-electron chi connectivity index (χ2n) is 6.04. The first kappa shape index (κ1) is 18.6. The molecule has 24 heavy (non-hydrogen) atoms. The van der Waals surface area contributed by atoms with E-state index in [1.807, 2.05) is 38.1 Å². The van der Waals surface area contributed by atoms with E-state index in [0.717, 1.165) is 19.3 Å². The summed E-state index contributed by atoms with van der Waals surface area (Å²) >= 11 is 1.45. The summed E-state index contributed by atoms with van der Waals surface area (Å²) in [5, 5.41) is 0.219. The van der Waals surface area contributed by atoms with Crippen LogP contribution in [-0.4, -0.2) is 35.6 Å². The van der Waals surface area contributed by atoms with Gasteiger partial charge in [0, 0.05) is 17.4 Å². The Bertz CT molecular complexity index is 652. The predicted octanol–water partition coefficient (Wildman–Crippen LogP) is 4.11. The highest BCUT2D eigenvalue weighted by Crippen LogP contribution is 2.40. The molecule has 1 heterocycles. The fraction of sp³-hybridized carbons (Fsp3) is 0.474. The zero-order valence-electron chi connectivity index (χ0n) is 14.8. The second kappa shape index (κ2) is 8.38. The van der Waals surface area contributed by atoms with Crippen molar-refractivity contribution in [3.63, 3.8) is 0 Å². The molecule has 1 aliphatic rings. The predicted molar refractivity (Wildman–Crippen MR) is 98.9 cm³/mol. The van der Waals surface area contributed by atoms with E-state index in [1.165, 1.54) is 16.7 Å². The molecule has 0 radical (unpaired) electrons. The van der Waals surface area contributed by atoms with Crippen LogP contribution in [0.4, 0.5) is 0 Å². The molecule has 0 unspecified atom stereocenters. The van der Waals surface area contributed by atoms with E-state index in [1.54, 1.807) is 7.11 Å². The molecule has 1 aromatic rings. The average molecular weight is 347 g/mol. The molecule has 0 saturated carbocycles. The largest absolute Gasteiger partial charge is 0.496 e. The van der Waals surface area contributed by atoms with Crippen LogP contribution in [-0.2, 0) is 9.59 Å². The van der Waals surface area contributed by atoms with Crippen molar-refractivity contribution in [1.82, 2.24) is 4.90 Å². The number of unbranched alkanes of at least 4 members (excludes halogenated alkanes) is 2. The van der Waals surface area contributed by atoms with Gasteiger partial charge in [-0.2, -0.15) is 0 Å². The van der Waals surface area contributed by atoms with Gasteiger partial charge in [0.2, 0.25) is 0 Å². The smallest absolute Gasteiger partial charge is 0.267 e. The minimum atomic E-state index is -0.205. The first-order chi connectivity index (χ1) is 11.5. The number of benzene rings is 1. The molecule has 4 nitrogen and oxygen atoms in total. The molecule has 5 heteroatoms. The number of para-hydroxylation sites is 1. The number of carbonyl (C=O) groups excluding carboxylic acids is 2. The fourth-order valence-corrected chi connectivity index (χ4v) is 3.71. The standard InChI is InChI=1S/C19H25NO3S/c1-5-6-9-12-20-18(21)16(17(19(20)22)24-13(2)3)14-10-7-8-11-15(14)23-4/h7-8,10-11,13H,5-6,9,12H2,1-4H3. The highest BCUT2D eigenvalue weighted by Gasteiger charge is 2.40. The molecule has 2 rings (SSSR count). The molecule has 0 saturated heterocycles. The molecule has 2 amide bonds. The van der Waals surface area contributed by atoms with E-state index in [0.29, 0.717) is 28.3 Å². The fourth-order valence-electron chi connectivity index (χ4n) is 2.71. The zero-order chi connectivity index (χ0) is 17.7. The Hall–Kier alpha value is -1.75. The van der Waals surface area contributed by atoms with Gasteiger partial charge in [0.1, 0.15) is 5.75 Å². The van der Waals surface area contributed by atoms with Gasteiger partial charge in [0.05, 0.1) is 17.6 Å². The average Bonchev–Trinajstić information content (AvgIpc) is 2.78. The highest BCUT2D eigenvalue weighted by atomic mass is 32.2. The third-order valence-electron chi connectivity index (χ3n) is 3.84. The minimum Gasteiger partial charge on any atom is -0.496 e. The summed E-state index contributed by atoms with van der Waals surface area (Å²) in [5.41, 5.74) is 1.17. The van der Waals surface area contributed by atoms with Gasteiger partial charge in [-0.05, 0) is 12.5 Å². The lowest BCUT2D eigenvalue weighted by Gasteiger charge is -2.15. The third-order valence-corrected chi connectivity index (χ3v) is 4.93. The van der Waals surface area contributed by atoms with Gasteiger partial charge in [-0.1, -0.05) is 51.8 Å². The van der Waals surface area contributed by atoms with Crippen molar-refractivity contribution in [2.45, 2.75) is 45.3 Å². The van der Waals surface area contributed by atoms with Gasteiger partial charge in [-0.15, -0.1) is 11.8 Å². The van der Waals surface area contributed by atoms with Crippen LogP contribution in [0, 0.1) is 0 Å². The summed E-state index contributed by atoms with van der Waals surface area (Å²) in [6.45, 7) is 6.63. The van der Waals surface area contributed by atoms with Crippen LogP contribution < -0.4 is 4.74 Å². The monoisotopic (exact) mass is 347 g/mol. The van der Waals surface area contributed by atoms with Gasteiger partial charge in [0.15, 0.2) is 0 Å². The summed E-state index contributed by atoms with van der Waals surface area (Å²) in [4.78, 5) is 27.7. The first-order valence-electron chi connectivity index (χ1n) is 8.41. The SMILES string of the molecule is CCCCCN1C(=O)C(SC(C)C)=C(c2ccccc2OC)C1=O. The van der Waals surface area contributed by atoms with Crippen LogP contribution in [0.2, 0.25) is 0 Å². The summed E-state index contributed by atoms with van der Waals surface area (Å²) < 4.78 is 5.40. The lowest BCUT2D eigenvalue weighted by molar-refractivity contribution is -0.136. The maximum absolute atomic E-state index is 12.9. The quantitative estimate of drug-likeness (QED) is 0.524. The topological polar surface area (TPSA) is 46.6 Å². The van der Waals surface area contributed by atoms with Crippen LogP contribution in [0.5, 0.6) is 5.75 Å². The number of nitrogens with zero attached hydrogens (tertiary/aromatic N) is 1.